The summed E-state index contributed by atoms with van der Waals surface area (Å²) in [7, 11) is 3.04. The van der Waals surface area contributed by atoms with E-state index in [4.69, 9.17) is 14.6 Å². The van der Waals surface area contributed by atoms with Gasteiger partial charge in [-0.05, 0) is 17.7 Å². The molecule has 0 spiro atoms. The van der Waals surface area contributed by atoms with Gasteiger partial charge in [0.1, 0.15) is 5.75 Å². The van der Waals surface area contributed by atoms with Gasteiger partial charge in [0.15, 0.2) is 6.10 Å². The maximum absolute atomic E-state index is 10.6. The quantitative estimate of drug-likeness (QED) is 0.782. The van der Waals surface area contributed by atoms with E-state index in [0.717, 1.165) is 0 Å². The molecule has 1 rings (SSSR count). The third kappa shape index (κ3) is 2.71. The van der Waals surface area contributed by atoms with E-state index in [0.29, 0.717) is 23.5 Å². The Morgan fingerprint density at radius 2 is 2.12 bits per heavy atom. The van der Waals surface area contributed by atoms with Gasteiger partial charge < -0.3 is 19.7 Å². The van der Waals surface area contributed by atoms with Crippen LogP contribution in [-0.2, 0) is 16.1 Å². The highest BCUT2D eigenvalue weighted by Gasteiger charge is 2.17. The van der Waals surface area contributed by atoms with Gasteiger partial charge in [0.05, 0.1) is 13.7 Å². The zero-order chi connectivity index (χ0) is 12.1. The van der Waals surface area contributed by atoms with E-state index in [1.54, 1.807) is 12.1 Å². The molecular weight excluding hydrogens is 212 g/mol. The SMILES string of the molecule is COCc1cc(C(O)C(=O)O)ccc1OC. The molecule has 2 N–H and O–H groups in total. The number of methoxy groups -OCH3 is 2. The average molecular weight is 226 g/mol. The number of aliphatic hydroxyl groups is 1. The molecule has 5 nitrogen and oxygen atoms in total. The van der Waals surface area contributed by atoms with Crippen LogP contribution in [0.2, 0.25) is 0 Å². The monoisotopic (exact) mass is 226 g/mol. The molecule has 0 radical (unpaired) electrons. The second-order valence-electron chi connectivity index (χ2n) is 3.25. The Labute approximate surface area is 93.2 Å². The Kier molecular flexibility index (Phi) is 4.28. The topological polar surface area (TPSA) is 76.0 Å². The van der Waals surface area contributed by atoms with Gasteiger partial charge in [0.25, 0.3) is 0 Å². The van der Waals surface area contributed by atoms with Crippen molar-refractivity contribution in [1.82, 2.24) is 0 Å². The van der Waals surface area contributed by atoms with E-state index in [2.05, 4.69) is 0 Å². The van der Waals surface area contributed by atoms with Gasteiger partial charge in [-0.3, -0.25) is 0 Å². The normalized spacial score (nSPS) is 12.2. The van der Waals surface area contributed by atoms with Crippen LogP contribution in [0.1, 0.15) is 17.2 Å². The molecule has 0 bridgehead atoms. The molecule has 0 aliphatic rings. The van der Waals surface area contributed by atoms with Crippen molar-refractivity contribution in [2.75, 3.05) is 14.2 Å². The van der Waals surface area contributed by atoms with Crippen LogP contribution in [0.3, 0.4) is 0 Å². The lowest BCUT2D eigenvalue weighted by Gasteiger charge is -2.11. The number of aliphatic carboxylic acids is 1. The molecule has 16 heavy (non-hydrogen) atoms. The molecule has 0 amide bonds. The van der Waals surface area contributed by atoms with Crippen molar-refractivity contribution in [1.29, 1.82) is 0 Å². The number of benzene rings is 1. The van der Waals surface area contributed by atoms with Crippen molar-refractivity contribution >= 4 is 5.97 Å². The lowest BCUT2D eigenvalue weighted by Crippen LogP contribution is -2.11. The number of carboxylic acids is 1. The van der Waals surface area contributed by atoms with E-state index < -0.39 is 12.1 Å². The second-order valence-corrected chi connectivity index (χ2v) is 3.25. The van der Waals surface area contributed by atoms with E-state index >= 15 is 0 Å². The molecule has 88 valence electrons. The lowest BCUT2D eigenvalue weighted by molar-refractivity contribution is -0.146. The van der Waals surface area contributed by atoms with E-state index in [1.807, 2.05) is 0 Å². The van der Waals surface area contributed by atoms with Crippen molar-refractivity contribution in [3.8, 4) is 5.75 Å². The summed E-state index contributed by atoms with van der Waals surface area (Å²) in [5.74, 6) is -0.684. The molecule has 5 heteroatoms. The third-order valence-electron chi connectivity index (χ3n) is 2.15. The van der Waals surface area contributed by atoms with Crippen LogP contribution in [0.15, 0.2) is 18.2 Å². The van der Waals surface area contributed by atoms with Gasteiger partial charge >= 0.3 is 5.97 Å². The Hall–Kier alpha value is -1.59. The maximum atomic E-state index is 10.6. The van der Waals surface area contributed by atoms with Crippen LogP contribution in [0.25, 0.3) is 0 Å². The van der Waals surface area contributed by atoms with Crippen LogP contribution in [-0.4, -0.2) is 30.4 Å². The van der Waals surface area contributed by atoms with Crippen LogP contribution >= 0.6 is 0 Å². The van der Waals surface area contributed by atoms with Crippen LogP contribution in [0, 0.1) is 0 Å². The molecule has 0 aliphatic carbocycles. The summed E-state index contributed by atoms with van der Waals surface area (Å²) < 4.78 is 10.0. The Balaban J connectivity index is 3.05. The zero-order valence-corrected chi connectivity index (χ0v) is 9.14. The molecule has 0 aliphatic heterocycles. The average Bonchev–Trinajstić information content (AvgIpc) is 2.28. The first-order chi connectivity index (χ1) is 7.60. The summed E-state index contributed by atoms with van der Waals surface area (Å²) >= 11 is 0. The first kappa shape index (κ1) is 12.5. The van der Waals surface area contributed by atoms with Crippen molar-refractivity contribution < 1.29 is 24.5 Å². The van der Waals surface area contributed by atoms with Crippen LogP contribution < -0.4 is 4.74 Å². The number of aliphatic hydroxyl groups excluding tert-OH is 1. The van der Waals surface area contributed by atoms with Crippen molar-refractivity contribution in [3.63, 3.8) is 0 Å². The second kappa shape index (κ2) is 5.48. The predicted molar refractivity (Wildman–Crippen MR) is 56.3 cm³/mol. The number of ether oxygens (including phenoxy) is 2. The molecule has 1 aromatic carbocycles. The van der Waals surface area contributed by atoms with Crippen LogP contribution in [0.5, 0.6) is 5.75 Å². The fourth-order valence-electron chi connectivity index (χ4n) is 1.38. The summed E-state index contributed by atoms with van der Waals surface area (Å²) in [5.41, 5.74) is 1.00. The summed E-state index contributed by atoms with van der Waals surface area (Å²) in [6.07, 6.45) is -1.53. The van der Waals surface area contributed by atoms with Gasteiger partial charge in [-0.1, -0.05) is 6.07 Å². The smallest absolute Gasteiger partial charge is 0.337 e. The van der Waals surface area contributed by atoms with Gasteiger partial charge in [-0.25, -0.2) is 4.79 Å². The molecule has 0 aromatic heterocycles. The van der Waals surface area contributed by atoms with E-state index in [-0.39, 0.29) is 0 Å². The van der Waals surface area contributed by atoms with Crippen LogP contribution in [0.4, 0.5) is 0 Å². The summed E-state index contributed by atoms with van der Waals surface area (Å²) in [6.45, 7) is 0.295. The predicted octanol–water partition coefficient (Wildman–Crippen LogP) is 0.960. The fraction of sp³-hybridized carbons (Fsp3) is 0.364. The van der Waals surface area contributed by atoms with E-state index in [1.165, 1.54) is 20.3 Å². The molecule has 0 heterocycles. The van der Waals surface area contributed by atoms with Crippen molar-refractivity contribution in [2.24, 2.45) is 0 Å². The Morgan fingerprint density at radius 3 is 2.62 bits per heavy atom. The molecule has 1 aromatic rings. The molecule has 1 unspecified atom stereocenters. The number of rotatable bonds is 5. The number of carbonyl (C=O) groups is 1. The zero-order valence-electron chi connectivity index (χ0n) is 9.14. The van der Waals surface area contributed by atoms with Gasteiger partial charge in [0.2, 0.25) is 0 Å². The number of hydrogen-bond acceptors (Lipinski definition) is 4. The van der Waals surface area contributed by atoms with Gasteiger partial charge in [-0.2, -0.15) is 0 Å². The third-order valence-corrected chi connectivity index (χ3v) is 2.15. The number of hydrogen-bond donors (Lipinski definition) is 2. The highest BCUT2D eigenvalue weighted by atomic mass is 16.5. The number of carboxylic acid groups (broad SMARTS) is 1. The minimum absolute atomic E-state index is 0.295. The first-order valence-corrected chi connectivity index (χ1v) is 4.66. The molecule has 1 atom stereocenters. The van der Waals surface area contributed by atoms with Gasteiger partial charge in [0, 0.05) is 12.7 Å². The summed E-state index contributed by atoms with van der Waals surface area (Å²) in [6, 6.07) is 4.67. The first-order valence-electron chi connectivity index (χ1n) is 4.66. The lowest BCUT2D eigenvalue weighted by atomic mass is 10.1. The largest absolute Gasteiger partial charge is 0.496 e. The summed E-state index contributed by atoms with van der Waals surface area (Å²) in [5, 5.41) is 18.0. The van der Waals surface area contributed by atoms with Crippen molar-refractivity contribution in [2.45, 2.75) is 12.7 Å². The van der Waals surface area contributed by atoms with Crippen molar-refractivity contribution in [3.05, 3.63) is 29.3 Å². The Morgan fingerprint density at radius 1 is 1.44 bits per heavy atom. The standard InChI is InChI=1S/C11H14O5/c1-15-6-8-5-7(10(12)11(13)14)3-4-9(8)16-2/h3-5,10,12H,6H2,1-2H3,(H,13,14). The minimum atomic E-state index is -1.53. The summed E-state index contributed by atoms with van der Waals surface area (Å²) in [4.78, 5) is 10.6. The van der Waals surface area contributed by atoms with E-state index in [9.17, 15) is 9.90 Å². The van der Waals surface area contributed by atoms with Gasteiger partial charge in [-0.15, -0.1) is 0 Å². The highest BCUT2D eigenvalue weighted by molar-refractivity contribution is 5.74. The fourth-order valence-corrected chi connectivity index (χ4v) is 1.38. The highest BCUT2D eigenvalue weighted by Crippen LogP contribution is 2.24. The Bertz CT molecular complexity index is 375. The minimum Gasteiger partial charge on any atom is -0.496 e. The molecular formula is C11H14O5. The maximum Gasteiger partial charge on any atom is 0.337 e. The molecule has 0 saturated carbocycles. The molecule has 0 fully saturated rings. The molecule has 0 saturated heterocycles.